The number of aryl methyl sites for hydroxylation is 3. The molecule has 0 aliphatic carbocycles. The van der Waals surface area contributed by atoms with Crippen LogP contribution in [-0.2, 0) is 13.6 Å². The Kier molecular flexibility index (Phi) is 3.63. The van der Waals surface area contributed by atoms with E-state index in [1.165, 1.54) is 4.57 Å². The molecule has 3 heterocycles. The van der Waals surface area contributed by atoms with Crippen molar-refractivity contribution >= 4 is 16.9 Å². The van der Waals surface area contributed by atoms with Crippen LogP contribution in [0.4, 0.5) is 0 Å². The second-order valence-electron chi connectivity index (χ2n) is 6.22. The van der Waals surface area contributed by atoms with Crippen molar-refractivity contribution in [3.05, 3.63) is 32.2 Å². The summed E-state index contributed by atoms with van der Waals surface area (Å²) in [6, 6.07) is 0. The van der Waals surface area contributed by atoms with Gasteiger partial charge in [-0.2, -0.15) is 4.98 Å². The van der Waals surface area contributed by atoms with Gasteiger partial charge in [0.15, 0.2) is 11.2 Å². The van der Waals surface area contributed by atoms with Crippen LogP contribution in [-0.4, -0.2) is 49.0 Å². The first-order chi connectivity index (χ1) is 10.8. The molecule has 0 bridgehead atoms. The normalized spacial score (nSPS) is 12.1. The number of H-pyrrole nitrogens is 1. The highest BCUT2D eigenvalue weighted by atomic mass is 16.2. The number of fused-ring (bicyclic) bond motifs is 3. The molecule has 0 amide bonds. The Bertz CT molecular complexity index is 1000. The van der Waals surface area contributed by atoms with Gasteiger partial charge in [-0.1, -0.05) is 0 Å². The fraction of sp³-hybridized carbons (Fsp3) is 0.533. The van der Waals surface area contributed by atoms with Gasteiger partial charge in [0.05, 0.1) is 0 Å². The van der Waals surface area contributed by atoms with E-state index in [1.54, 1.807) is 7.05 Å². The maximum absolute atomic E-state index is 12.3. The number of imidazole rings is 2. The zero-order valence-electron chi connectivity index (χ0n) is 14.2. The first-order valence-corrected chi connectivity index (χ1v) is 7.64. The van der Waals surface area contributed by atoms with Crippen LogP contribution in [0.1, 0.15) is 17.8 Å². The lowest BCUT2D eigenvalue weighted by Gasteiger charge is -2.10. The van der Waals surface area contributed by atoms with Crippen LogP contribution in [0.2, 0.25) is 0 Å². The Labute approximate surface area is 133 Å². The van der Waals surface area contributed by atoms with Gasteiger partial charge in [0.2, 0.25) is 5.78 Å². The van der Waals surface area contributed by atoms with Crippen LogP contribution in [0.15, 0.2) is 9.59 Å². The highest BCUT2D eigenvalue weighted by molar-refractivity contribution is 5.76. The molecule has 0 unspecified atom stereocenters. The average Bonchev–Trinajstić information content (AvgIpc) is 2.97. The highest BCUT2D eigenvalue weighted by Gasteiger charge is 2.20. The van der Waals surface area contributed by atoms with Gasteiger partial charge in [0, 0.05) is 25.0 Å². The molecule has 8 nitrogen and oxygen atoms in total. The van der Waals surface area contributed by atoms with Crippen molar-refractivity contribution < 1.29 is 0 Å². The summed E-state index contributed by atoms with van der Waals surface area (Å²) in [5.74, 6) is 0.709. The summed E-state index contributed by atoms with van der Waals surface area (Å²) >= 11 is 0. The molecule has 0 fully saturated rings. The van der Waals surface area contributed by atoms with E-state index in [0.717, 1.165) is 30.9 Å². The van der Waals surface area contributed by atoms with Crippen molar-refractivity contribution in [1.82, 2.24) is 28.4 Å². The quantitative estimate of drug-likeness (QED) is 0.747. The zero-order chi connectivity index (χ0) is 16.9. The lowest BCUT2D eigenvalue weighted by Crippen LogP contribution is -2.28. The third kappa shape index (κ3) is 2.29. The molecule has 0 aliphatic rings. The molecule has 0 radical (unpaired) electrons. The monoisotopic (exact) mass is 318 g/mol. The molecule has 0 aliphatic heterocycles. The van der Waals surface area contributed by atoms with Gasteiger partial charge in [-0.25, -0.2) is 4.79 Å². The van der Waals surface area contributed by atoms with E-state index in [4.69, 9.17) is 0 Å². The number of nitrogens with zero attached hydrogens (tertiary/aromatic N) is 5. The average molecular weight is 318 g/mol. The standard InChI is InChI=1S/C15H22N6O2/c1-9-10(2)21-11-12(19(5)15(23)17-13(11)22)16-14(21)20(9)8-6-7-18(3)4/h6-8H2,1-5H3,(H,17,22,23). The summed E-state index contributed by atoms with van der Waals surface area (Å²) in [5.41, 5.74) is 2.05. The second kappa shape index (κ2) is 5.38. The van der Waals surface area contributed by atoms with Gasteiger partial charge < -0.3 is 9.47 Å². The molecule has 3 rings (SSSR count). The van der Waals surface area contributed by atoms with Crippen molar-refractivity contribution in [2.75, 3.05) is 20.6 Å². The van der Waals surface area contributed by atoms with Gasteiger partial charge in [-0.15, -0.1) is 0 Å². The number of nitrogens with one attached hydrogen (secondary N) is 1. The Morgan fingerprint density at radius 1 is 1.17 bits per heavy atom. The molecule has 1 N–H and O–H groups in total. The molecule has 0 spiro atoms. The van der Waals surface area contributed by atoms with E-state index in [0.29, 0.717) is 16.9 Å². The first-order valence-electron chi connectivity index (χ1n) is 7.64. The molecule has 8 heteroatoms. The molecular formula is C15H22N6O2. The Balaban J connectivity index is 2.27. The summed E-state index contributed by atoms with van der Waals surface area (Å²) in [7, 11) is 5.70. The summed E-state index contributed by atoms with van der Waals surface area (Å²) in [5, 5.41) is 0. The minimum atomic E-state index is -0.447. The molecule has 124 valence electrons. The summed E-state index contributed by atoms with van der Waals surface area (Å²) < 4.78 is 5.34. The van der Waals surface area contributed by atoms with Crippen molar-refractivity contribution in [1.29, 1.82) is 0 Å². The summed E-state index contributed by atoms with van der Waals surface area (Å²) in [6.45, 7) is 5.79. The predicted octanol–water partition coefficient (Wildman–Crippen LogP) is 0.245. The first kappa shape index (κ1) is 15.5. The van der Waals surface area contributed by atoms with E-state index in [1.807, 2.05) is 32.3 Å². The van der Waals surface area contributed by atoms with Gasteiger partial charge >= 0.3 is 5.69 Å². The third-order valence-electron chi connectivity index (χ3n) is 4.39. The Morgan fingerprint density at radius 2 is 1.87 bits per heavy atom. The number of hydrogen-bond acceptors (Lipinski definition) is 4. The molecule has 3 aromatic rings. The number of aromatic nitrogens is 5. The zero-order valence-corrected chi connectivity index (χ0v) is 14.2. The van der Waals surface area contributed by atoms with Crippen LogP contribution in [0.25, 0.3) is 16.9 Å². The van der Waals surface area contributed by atoms with E-state index in [9.17, 15) is 9.59 Å². The van der Waals surface area contributed by atoms with Crippen molar-refractivity contribution in [3.8, 4) is 0 Å². The largest absolute Gasteiger partial charge is 0.329 e. The van der Waals surface area contributed by atoms with Crippen LogP contribution < -0.4 is 11.2 Å². The minimum Gasteiger partial charge on any atom is -0.314 e. The minimum absolute atomic E-state index is 0.399. The maximum Gasteiger partial charge on any atom is 0.329 e. The van der Waals surface area contributed by atoms with E-state index in [-0.39, 0.29) is 0 Å². The summed E-state index contributed by atoms with van der Waals surface area (Å²) in [6.07, 6.45) is 0.982. The highest BCUT2D eigenvalue weighted by Crippen LogP contribution is 2.20. The van der Waals surface area contributed by atoms with Crippen LogP contribution in [0, 0.1) is 13.8 Å². The van der Waals surface area contributed by atoms with Crippen LogP contribution in [0.5, 0.6) is 0 Å². The maximum atomic E-state index is 12.3. The van der Waals surface area contributed by atoms with Gasteiger partial charge in [-0.3, -0.25) is 18.7 Å². The Morgan fingerprint density at radius 3 is 2.52 bits per heavy atom. The molecule has 0 saturated heterocycles. The van der Waals surface area contributed by atoms with Gasteiger partial charge in [0.25, 0.3) is 5.56 Å². The topological polar surface area (TPSA) is 80.3 Å². The van der Waals surface area contributed by atoms with E-state index < -0.39 is 11.2 Å². The Hall–Kier alpha value is -2.35. The van der Waals surface area contributed by atoms with Crippen LogP contribution in [0.3, 0.4) is 0 Å². The number of aromatic amines is 1. The van der Waals surface area contributed by atoms with Gasteiger partial charge in [0.1, 0.15) is 0 Å². The van der Waals surface area contributed by atoms with Gasteiger partial charge in [-0.05, 0) is 40.9 Å². The number of hydrogen-bond donors (Lipinski definition) is 1. The molecule has 0 atom stereocenters. The smallest absolute Gasteiger partial charge is 0.314 e. The molecule has 23 heavy (non-hydrogen) atoms. The third-order valence-corrected chi connectivity index (χ3v) is 4.39. The fourth-order valence-electron chi connectivity index (χ4n) is 2.99. The predicted molar refractivity (Wildman–Crippen MR) is 89.2 cm³/mol. The molecule has 0 saturated carbocycles. The lowest BCUT2D eigenvalue weighted by molar-refractivity contribution is 0.386. The number of rotatable bonds is 4. The van der Waals surface area contributed by atoms with Crippen molar-refractivity contribution in [3.63, 3.8) is 0 Å². The van der Waals surface area contributed by atoms with Crippen molar-refractivity contribution in [2.24, 2.45) is 7.05 Å². The molecule has 0 aromatic carbocycles. The van der Waals surface area contributed by atoms with E-state index in [2.05, 4.69) is 19.4 Å². The lowest BCUT2D eigenvalue weighted by atomic mass is 10.3. The van der Waals surface area contributed by atoms with E-state index >= 15 is 0 Å². The van der Waals surface area contributed by atoms with Crippen molar-refractivity contribution in [2.45, 2.75) is 26.8 Å². The SMILES string of the molecule is Cc1c(C)n2c3c(=O)[nH]c(=O)n(C)c3nc2n1CCCN(C)C. The summed E-state index contributed by atoms with van der Waals surface area (Å²) in [4.78, 5) is 33.1. The molecule has 3 aromatic heterocycles. The molecular weight excluding hydrogens is 296 g/mol. The fourth-order valence-corrected chi connectivity index (χ4v) is 2.99. The van der Waals surface area contributed by atoms with Crippen LogP contribution >= 0.6 is 0 Å². The second-order valence-corrected chi connectivity index (χ2v) is 6.22.